The quantitative estimate of drug-likeness (QED) is 0.681. The van der Waals surface area contributed by atoms with Crippen LogP contribution in [-0.4, -0.2) is 11.9 Å². The van der Waals surface area contributed by atoms with Crippen LogP contribution in [0.2, 0.25) is 0 Å². The minimum atomic E-state index is -0.341. The van der Waals surface area contributed by atoms with Gasteiger partial charge in [0.1, 0.15) is 0 Å². The van der Waals surface area contributed by atoms with Crippen molar-refractivity contribution < 1.29 is 9.52 Å². The van der Waals surface area contributed by atoms with Crippen LogP contribution >= 0.6 is 0 Å². The summed E-state index contributed by atoms with van der Waals surface area (Å²) in [5, 5.41) is 14.5. The highest BCUT2D eigenvalue weighted by molar-refractivity contribution is 5.91. The fourth-order valence-electron chi connectivity index (χ4n) is 2.73. The van der Waals surface area contributed by atoms with Gasteiger partial charge < -0.3 is 10.5 Å². The summed E-state index contributed by atoms with van der Waals surface area (Å²) in [6.07, 6.45) is 2.11. The third kappa shape index (κ3) is 3.85. The van der Waals surface area contributed by atoms with E-state index in [1.165, 1.54) is 17.8 Å². The third-order valence-corrected chi connectivity index (χ3v) is 3.81. The molecule has 0 fully saturated rings. The predicted molar refractivity (Wildman–Crippen MR) is 86.4 cm³/mol. The Labute approximate surface area is 131 Å². The fraction of sp³-hybridized carbons (Fsp3) is 0.333. The van der Waals surface area contributed by atoms with E-state index in [0.717, 1.165) is 6.42 Å². The first kappa shape index (κ1) is 16.0. The lowest BCUT2D eigenvalue weighted by Crippen LogP contribution is -2.43. The van der Waals surface area contributed by atoms with Crippen LogP contribution in [-0.2, 0) is 5.41 Å². The van der Waals surface area contributed by atoms with Gasteiger partial charge in [-0.15, -0.1) is 0 Å². The van der Waals surface area contributed by atoms with E-state index < -0.39 is 0 Å². The van der Waals surface area contributed by atoms with Crippen LogP contribution in [0, 0.1) is 5.21 Å². The van der Waals surface area contributed by atoms with Crippen LogP contribution < -0.4 is 10.0 Å². The van der Waals surface area contributed by atoms with E-state index in [2.05, 4.69) is 31.3 Å². The molecule has 0 bridgehead atoms. The first-order valence-electron chi connectivity index (χ1n) is 7.45. The number of pyridine rings is 1. The molecule has 22 heavy (non-hydrogen) atoms. The summed E-state index contributed by atoms with van der Waals surface area (Å²) in [4.78, 5) is 12.2. The maximum Gasteiger partial charge on any atom is 0.317 e. The lowest BCUT2D eigenvalue weighted by Gasteiger charge is -2.29. The van der Waals surface area contributed by atoms with Crippen molar-refractivity contribution in [3.05, 3.63) is 71.2 Å². The molecule has 1 aromatic heterocycles. The maximum absolute atomic E-state index is 12.2. The molecule has 1 heterocycles. The van der Waals surface area contributed by atoms with Gasteiger partial charge in [-0.25, -0.2) is 0 Å². The summed E-state index contributed by atoms with van der Waals surface area (Å²) in [6, 6.07) is 15.0. The minimum absolute atomic E-state index is 0.0390. The Balaban J connectivity index is 2.02. The number of hydrogen-bond donors (Lipinski definition) is 1. The Bertz CT molecular complexity index is 639. The van der Waals surface area contributed by atoms with Crippen LogP contribution in [0.1, 0.15) is 43.2 Å². The van der Waals surface area contributed by atoms with Crippen molar-refractivity contribution in [3.63, 3.8) is 0 Å². The predicted octanol–water partition coefficient (Wildman–Crippen LogP) is 2.81. The molecule has 1 aromatic carbocycles. The molecule has 0 radical (unpaired) electrons. The van der Waals surface area contributed by atoms with Gasteiger partial charge in [-0.2, -0.15) is 4.73 Å². The van der Waals surface area contributed by atoms with E-state index in [4.69, 9.17) is 0 Å². The van der Waals surface area contributed by atoms with Gasteiger partial charge in [0.15, 0.2) is 6.20 Å². The maximum atomic E-state index is 12.2. The topological polar surface area (TPSA) is 56.0 Å². The average molecular weight is 298 g/mol. The van der Waals surface area contributed by atoms with Crippen LogP contribution in [0.4, 0.5) is 0 Å². The lowest BCUT2D eigenvalue weighted by molar-refractivity contribution is -0.607. The summed E-state index contributed by atoms with van der Waals surface area (Å²) in [7, 11) is 0. The van der Waals surface area contributed by atoms with E-state index in [-0.39, 0.29) is 23.1 Å². The Morgan fingerprint density at radius 3 is 2.45 bits per heavy atom. The number of aromatic nitrogens is 1. The van der Waals surface area contributed by atoms with E-state index in [0.29, 0.717) is 4.73 Å². The molecule has 0 saturated carbocycles. The molecule has 0 spiro atoms. The molecule has 2 rings (SSSR count). The number of carbonyl (C=O) groups excluding carboxylic acids is 1. The van der Waals surface area contributed by atoms with Crippen molar-refractivity contribution >= 4 is 5.91 Å². The number of nitrogens with one attached hydrogen (secondary N) is 1. The Kier molecular flexibility index (Phi) is 4.81. The molecule has 4 heteroatoms. The Morgan fingerprint density at radius 1 is 1.18 bits per heavy atom. The molecule has 0 unspecified atom stereocenters. The number of benzene rings is 1. The molecular formula is C18H22N2O2. The summed E-state index contributed by atoms with van der Waals surface area (Å²) < 4.78 is 0.588. The SMILES string of the molecule is C[C@H](CC(C)(C)c1ccccc1)NC(=O)c1cccc[n+]1[O-]. The molecule has 1 amide bonds. The second kappa shape index (κ2) is 6.60. The van der Waals surface area contributed by atoms with Gasteiger partial charge in [0.05, 0.1) is 0 Å². The van der Waals surface area contributed by atoms with Crippen molar-refractivity contribution in [2.75, 3.05) is 0 Å². The minimum Gasteiger partial charge on any atom is -0.618 e. The molecule has 1 N–H and O–H groups in total. The van der Waals surface area contributed by atoms with E-state index >= 15 is 0 Å². The standard InChI is InChI=1S/C18H22N2O2/c1-14(13-18(2,3)15-9-5-4-6-10-15)19-17(21)16-11-7-8-12-20(16)22/h4-12,14H,13H2,1-3H3,(H,19,21)/t14-/m1/s1. The van der Waals surface area contributed by atoms with Gasteiger partial charge in [-0.05, 0) is 30.4 Å². The molecule has 1 atom stereocenters. The Morgan fingerprint density at radius 2 is 1.82 bits per heavy atom. The fourth-order valence-corrected chi connectivity index (χ4v) is 2.73. The third-order valence-electron chi connectivity index (χ3n) is 3.81. The molecule has 4 nitrogen and oxygen atoms in total. The monoisotopic (exact) mass is 298 g/mol. The lowest BCUT2D eigenvalue weighted by atomic mass is 9.79. The van der Waals surface area contributed by atoms with E-state index in [1.807, 2.05) is 25.1 Å². The van der Waals surface area contributed by atoms with Crippen molar-refractivity contribution in [2.24, 2.45) is 0 Å². The van der Waals surface area contributed by atoms with Crippen molar-refractivity contribution in [2.45, 2.75) is 38.6 Å². The zero-order valence-electron chi connectivity index (χ0n) is 13.2. The van der Waals surface area contributed by atoms with Crippen LogP contribution in [0.25, 0.3) is 0 Å². The molecule has 0 saturated heterocycles. The number of rotatable bonds is 5. The number of carbonyl (C=O) groups is 1. The summed E-state index contributed by atoms with van der Waals surface area (Å²) in [6.45, 7) is 6.27. The molecule has 0 aliphatic heterocycles. The highest BCUT2D eigenvalue weighted by atomic mass is 16.5. The van der Waals surface area contributed by atoms with Crippen LogP contribution in [0.3, 0.4) is 0 Å². The molecular weight excluding hydrogens is 276 g/mol. The van der Waals surface area contributed by atoms with Crippen LogP contribution in [0.5, 0.6) is 0 Å². The molecule has 2 aromatic rings. The zero-order chi connectivity index (χ0) is 16.2. The van der Waals surface area contributed by atoms with Crippen molar-refractivity contribution in [1.82, 2.24) is 5.32 Å². The average Bonchev–Trinajstić information content (AvgIpc) is 2.47. The normalized spacial score (nSPS) is 12.7. The second-order valence-corrected chi connectivity index (χ2v) is 6.24. The number of hydrogen-bond acceptors (Lipinski definition) is 2. The Hall–Kier alpha value is -2.36. The molecule has 0 aliphatic rings. The van der Waals surface area contributed by atoms with Gasteiger partial charge >= 0.3 is 5.91 Å². The first-order chi connectivity index (χ1) is 10.4. The summed E-state index contributed by atoms with van der Waals surface area (Å²) >= 11 is 0. The zero-order valence-corrected chi connectivity index (χ0v) is 13.2. The summed E-state index contributed by atoms with van der Waals surface area (Å²) in [5.41, 5.74) is 1.29. The van der Waals surface area contributed by atoms with Gasteiger partial charge in [-0.3, -0.25) is 4.79 Å². The van der Waals surface area contributed by atoms with Crippen molar-refractivity contribution in [3.8, 4) is 0 Å². The molecule has 0 aliphatic carbocycles. The van der Waals surface area contributed by atoms with Crippen LogP contribution in [0.15, 0.2) is 54.7 Å². The van der Waals surface area contributed by atoms with Crippen molar-refractivity contribution in [1.29, 1.82) is 0 Å². The summed E-state index contributed by atoms with van der Waals surface area (Å²) in [5.74, 6) is -0.341. The largest absolute Gasteiger partial charge is 0.618 e. The van der Waals surface area contributed by atoms with Gasteiger partial charge in [0.25, 0.3) is 5.69 Å². The highest BCUT2D eigenvalue weighted by Gasteiger charge is 2.25. The van der Waals surface area contributed by atoms with Gasteiger partial charge in [0, 0.05) is 18.2 Å². The smallest absolute Gasteiger partial charge is 0.317 e. The number of nitrogens with zero attached hydrogens (tertiary/aromatic N) is 1. The highest BCUT2D eigenvalue weighted by Crippen LogP contribution is 2.28. The van der Waals surface area contributed by atoms with Gasteiger partial charge in [0.2, 0.25) is 0 Å². The van der Waals surface area contributed by atoms with Gasteiger partial charge in [-0.1, -0.05) is 44.2 Å². The molecule has 116 valence electrons. The second-order valence-electron chi connectivity index (χ2n) is 6.24. The van der Waals surface area contributed by atoms with E-state index in [9.17, 15) is 10.0 Å². The number of amides is 1. The first-order valence-corrected chi connectivity index (χ1v) is 7.45. The van der Waals surface area contributed by atoms with E-state index in [1.54, 1.807) is 12.1 Å².